The molecule has 2 aromatic heterocycles. The first-order valence-corrected chi connectivity index (χ1v) is 4.25. The molecule has 0 aliphatic rings. The van der Waals surface area contributed by atoms with Gasteiger partial charge in [-0.05, 0) is 0 Å². The van der Waals surface area contributed by atoms with Gasteiger partial charge in [0.05, 0.1) is 6.42 Å². The van der Waals surface area contributed by atoms with E-state index in [1.807, 2.05) is 17.8 Å². The Bertz CT molecular complexity index is 429. The van der Waals surface area contributed by atoms with Crippen LogP contribution in [0.4, 0.5) is 0 Å². The largest absolute Gasteiger partial charge is 0.338 e. The molecule has 0 saturated heterocycles. The first-order chi connectivity index (χ1) is 6.77. The molecule has 0 N–H and O–H groups in total. The van der Waals surface area contributed by atoms with Gasteiger partial charge < -0.3 is 4.57 Å². The molecule has 0 amide bonds. The van der Waals surface area contributed by atoms with E-state index in [2.05, 4.69) is 9.97 Å². The molecule has 72 valence electrons. The topological polar surface area (TPSA) is 52.7 Å². The van der Waals surface area contributed by atoms with Crippen molar-refractivity contribution < 1.29 is 4.79 Å². The van der Waals surface area contributed by atoms with E-state index in [0.29, 0.717) is 6.42 Å². The van der Waals surface area contributed by atoms with Crippen molar-refractivity contribution in [1.29, 1.82) is 0 Å². The molecule has 0 spiro atoms. The maximum Gasteiger partial charge on any atom is 0.239 e. The summed E-state index contributed by atoms with van der Waals surface area (Å²) in [5.41, 5.74) is 0. The van der Waals surface area contributed by atoms with E-state index in [9.17, 15) is 4.79 Å². The number of aromatic nitrogens is 4. The van der Waals surface area contributed by atoms with E-state index >= 15 is 0 Å². The average Bonchev–Trinajstić information content (AvgIpc) is 2.77. The van der Waals surface area contributed by atoms with Gasteiger partial charge in [-0.2, -0.15) is 0 Å². The number of imidazole rings is 2. The van der Waals surface area contributed by atoms with Crippen molar-refractivity contribution in [2.45, 2.75) is 6.42 Å². The van der Waals surface area contributed by atoms with Gasteiger partial charge in [0, 0.05) is 31.8 Å². The molecule has 0 bridgehead atoms. The molecule has 0 fully saturated rings. The standard InChI is InChI=1S/C9H10N4O/c1-12-4-3-11-8(12)6-9(14)13-5-2-10-7-13/h2-5,7H,6H2,1H3. The van der Waals surface area contributed by atoms with Gasteiger partial charge in [0.15, 0.2) is 0 Å². The third-order valence-corrected chi connectivity index (χ3v) is 2.02. The van der Waals surface area contributed by atoms with Gasteiger partial charge in [-0.25, -0.2) is 9.97 Å². The summed E-state index contributed by atoms with van der Waals surface area (Å²) < 4.78 is 3.28. The lowest BCUT2D eigenvalue weighted by molar-refractivity contribution is 0.0910. The maximum atomic E-state index is 11.6. The molecule has 0 aliphatic carbocycles. The van der Waals surface area contributed by atoms with Crippen molar-refractivity contribution in [1.82, 2.24) is 19.1 Å². The van der Waals surface area contributed by atoms with Crippen LogP contribution in [-0.4, -0.2) is 25.0 Å². The van der Waals surface area contributed by atoms with E-state index in [-0.39, 0.29) is 5.91 Å². The number of rotatable bonds is 2. The minimum absolute atomic E-state index is 0.0307. The molecule has 0 atom stereocenters. The highest BCUT2D eigenvalue weighted by atomic mass is 16.2. The van der Waals surface area contributed by atoms with Crippen LogP contribution in [0.1, 0.15) is 10.6 Å². The quantitative estimate of drug-likeness (QED) is 0.692. The van der Waals surface area contributed by atoms with E-state index in [0.717, 1.165) is 5.82 Å². The number of hydrogen-bond donors (Lipinski definition) is 0. The molecule has 5 nitrogen and oxygen atoms in total. The van der Waals surface area contributed by atoms with Gasteiger partial charge in [0.25, 0.3) is 0 Å². The number of aryl methyl sites for hydroxylation is 1. The Morgan fingerprint density at radius 3 is 2.86 bits per heavy atom. The Morgan fingerprint density at radius 1 is 1.43 bits per heavy atom. The molecule has 0 radical (unpaired) electrons. The molecule has 0 saturated carbocycles. The van der Waals surface area contributed by atoms with Crippen LogP contribution in [-0.2, 0) is 13.5 Å². The van der Waals surface area contributed by atoms with Crippen LogP contribution in [0.3, 0.4) is 0 Å². The van der Waals surface area contributed by atoms with Crippen LogP contribution in [0.15, 0.2) is 31.1 Å². The smallest absolute Gasteiger partial charge is 0.239 e. The van der Waals surface area contributed by atoms with Crippen LogP contribution in [0.5, 0.6) is 0 Å². The minimum atomic E-state index is -0.0307. The maximum absolute atomic E-state index is 11.6. The van der Waals surface area contributed by atoms with Crippen LogP contribution < -0.4 is 0 Å². The lowest BCUT2D eigenvalue weighted by Gasteiger charge is -2.01. The molecular weight excluding hydrogens is 180 g/mol. The van der Waals surface area contributed by atoms with Gasteiger partial charge in [-0.3, -0.25) is 9.36 Å². The summed E-state index contributed by atoms with van der Waals surface area (Å²) in [7, 11) is 1.86. The molecule has 0 unspecified atom stereocenters. The molecule has 2 rings (SSSR count). The Labute approximate surface area is 81.0 Å². The summed E-state index contributed by atoms with van der Waals surface area (Å²) in [6.07, 6.45) is 8.49. The zero-order valence-electron chi connectivity index (χ0n) is 7.79. The fourth-order valence-corrected chi connectivity index (χ4v) is 1.20. The second-order valence-electron chi connectivity index (χ2n) is 2.99. The van der Waals surface area contributed by atoms with Crippen molar-refractivity contribution >= 4 is 5.91 Å². The fourth-order valence-electron chi connectivity index (χ4n) is 1.20. The van der Waals surface area contributed by atoms with E-state index < -0.39 is 0 Å². The first kappa shape index (κ1) is 8.68. The highest BCUT2D eigenvalue weighted by Crippen LogP contribution is 1.98. The van der Waals surface area contributed by atoms with Crippen molar-refractivity contribution in [3.63, 3.8) is 0 Å². The molecule has 5 heteroatoms. The van der Waals surface area contributed by atoms with Gasteiger partial charge >= 0.3 is 0 Å². The van der Waals surface area contributed by atoms with Gasteiger partial charge in [-0.1, -0.05) is 0 Å². The SMILES string of the molecule is Cn1ccnc1CC(=O)n1ccnc1. The van der Waals surface area contributed by atoms with Crippen LogP contribution in [0, 0.1) is 0 Å². The van der Waals surface area contributed by atoms with Crippen molar-refractivity contribution in [3.8, 4) is 0 Å². The monoisotopic (exact) mass is 190 g/mol. The highest BCUT2D eigenvalue weighted by molar-refractivity contribution is 5.80. The third-order valence-electron chi connectivity index (χ3n) is 2.02. The van der Waals surface area contributed by atoms with Gasteiger partial charge in [0.1, 0.15) is 12.2 Å². The molecule has 0 aliphatic heterocycles. The van der Waals surface area contributed by atoms with E-state index in [1.165, 1.54) is 10.9 Å². The lowest BCUT2D eigenvalue weighted by atomic mass is 10.4. The Kier molecular flexibility index (Phi) is 2.14. The molecule has 2 heterocycles. The van der Waals surface area contributed by atoms with Crippen molar-refractivity contribution in [3.05, 3.63) is 36.9 Å². The summed E-state index contributed by atoms with van der Waals surface area (Å²) in [5.74, 6) is 0.723. The molecular formula is C9H10N4O. The summed E-state index contributed by atoms with van der Waals surface area (Å²) in [6, 6.07) is 0. The summed E-state index contributed by atoms with van der Waals surface area (Å²) in [6.45, 7) is 0. The molecule has 2 aromatic rings. The van der Waals surface area contributed by atoms with Crippen molar-refractivity contribution in [2.24, 2.45) is 7.05 Å². The number of carbonyl (C=O) groups is 1. The Balaban J connectivity index is 2.13. The van der Waals surface area contributed by atoms with Crippen LogP contribution in [0.2, 0.25) is 0 Å². The normalized spacial score (nSPS) is 10.4. The average molecular weight is 190 g/mol. The van der Waals surface area contributed by atoms with Gasteiger partial charge in [-0.15, -0.1) is 0 Å². The van der Waals surface area contributed by atoms with Crippen molar-refractivity contribution in [2.75, 3.05) is 0 Å². The molecule has 14 heavy (non-hydrogen) atoms. The summed E-state index contributed by atoms with van der Waals surface area (Å²) >= 11 is 0. The zero-order valence-corrected chi connectivity index (χ0v) is 7.79. The number of nitrogens with zero attached hydrogens (tertiary/aromatic N) is 4. The Hall–Kier alpha value is -1.91. The second-order valence-corrected chi connectivity index (χ2v) is 2.99. The Morgan fingerprint density at radius 2 is 2.29 bits per heavy atom. The minimum Gasteiger partial charge on any atom is -0.338 e. The van der Waals surface area contributed by atoms with E-state index in [1.54, 1.807) is 18.6 Å². The number of carbonyl (C=O) groups excluding carboxylic acids is 1. The summed E-state index contributed by atoms with van der Waals surface area (Å²) in [5, 5.41) is 0. The third kappa shape index (κ3) is 1.56. The van der Waals surface area contributed by atoms with Crippen LogP contribution >= 0.6 is 0 Å². The van der Waals surface area contributed by atoms with Gasteiger partial charge in [0.2, 0.25) is 5.91 Å². The van der Waals surface area contributed by atoms with E-state index in [4.69, 9.17) is 0 Å². The second kappa shape index (κ2) is 3.45. The van der Waals surface area contributed by atoms with Crippen LogP contribution in [0.25, 0.3) is 0 Å². The first-order valence-electron chi connectivity index (χ1n) is 4.25. The highest BCUT2D eigenvalue weighted by Gasteiger charge is 2.08. The fraction of sp³-hybridized carbons (Fsp3) is 0.222. The predicted octanol–water partition coefficient (Wildman–Crippen LogP) is 0.499. The zero-order chi connectivity index (χ0) is 9.97. The predicted molar refractivity (Wildman–Crippen MR) is 49.8 cm³/mol. The number of hydrogen-bond acceptors (Lipinski definition) is 3. The lowest BCUT2D eigenvalue weighted by Crippen LogP contribution is -2.14. The molecule has 0 aromatic carbocycles. The summed E-state index contributed by atoms with van der Waals surface area (Å²) in [4.78, 5) is 19.5.